The molecule has 6 rings (SSSR count). The molecule has 178 valence electrons. The summed E-state index contributed by atoms with van der Waals surface area (Å²) >= 11 is 0. The van der Waals surface area contributed by atoms with Crippen LogP contribution >= 0.6 is 0 Å². The van der Waals surface area contributed by atoms with Crippen LogP contribution in [0.3, 0.4) is 0 Å². The van der Waals surface area contributed by atoms with Gasteiger partial charge in [-0.1, -0.05) is 121 Å². The Morgan fingerprint density at radius 2 is 0.895 bits per heavy atom. The van der Waals surface area contributed by atoms with E-state index in [0.29, 0.717) is 23.0 Å². The van der Waals surface area contributed by atoms with Crippen LogP contribution in [0.2, 0.25) is 0 Å². The molecular weight excluding hydrogens is 464 g/mol. The zero-order chi connectivity index (χ0) is 25.7. The Hall–Kier alpha value is -5.40. The summed E-state index contributed by atoms with van der Waals surface area (Å²) in [5.41, 5.74) is 7.63. The van der Waals surface area contributed by atoms with Crippen LogP contribution in [0, 0.1) is 11.3 Å². The zero-order valence-corrected chi connectivity index (χ0v) is 20.5. The van der Waals surface area contributed by atoms with Gasteiger partial charge in [-0.3, -0.25) is 0 Å². The van der Waals surface area contributed by atoms with E-state index in [0.717, 1.165) is 38.9 Å². The predicted octanol–water partition coefficient (Wildman–Crippen LogP) is 8.08. The van der Waals surface area contributed by atoms with Crippen molar-refractivity contribution in [1.82, 2.24) is 15.0 Å². The Kier molecular flexibility index (Phi) is 6.24. The number of benzene rings is 5. The van der Waals surface area contributed by atoms with Gasteiger partial charge in [0, 0.05) is 16.7 Å². The molecule has 1 heterocycles. The first-order valence-corrected chi connectivity index (χ1v) is 12.4. The topological polar surface area (TPSA) is 62.5 Å². The molecule has 5 aromatic carbocycles. The molecule has 4 heteroatoms. The minimum absolute atomic E-state index is 0.624. The largest absolute Gasteiger partial charge is 0.208 e. The SMILES string of the molecule is N#Cc1cccc(-c2ccc(-c3ccccc3-c3nc(-c4ccccc4)nc(-c4ccccc4)n3)cc2)c1. The van der Waals surface area contributed by atoms with E-state index in [-0.39, 0.29) is 0 Å². The number of hydrogen-bond donors (Lipinski definition) is 0. The van der Waals surface area contributed by atoms with E-state index in [9.17, 15) is 5.26 Å². The maximum atomic E-state index is 9.26. The van der Waals surface area contributed by atoms with E-state index in [1.807, 2.05) is 97.1 Å². The highest BCUT2D eigenvalue weighted by atomic mass is 15.0. The third-order valence-corrected chi connectivity index (χ3v) is 6.39. The standard InChI is InChI=1S/C34H22N4/c35-23-24-10-9-15-29(22-24)25-18-20-26(21-19-25)30-16-7-8-17-31(30)34-37-32(27-11-3-1-4-12-27)36-33(38-34)28-13-5-2-6-14-28/h1-22H. The summed E-state index contributed by atoms with van der Waals surface area (Å²) in [6.45, 7) is 0. The molecule has 1 aromatic heterocycles. The summed E-state index contributed by atoms with van der Waals surface area (Å²) < 4.78 is 0. The first-order valence-electron chi connectivity index (χ1n) is 12.4. The van der Waals surface area contributed by atoms with Gasteiger partial charge in [0.15, 0.2) is 17.5 Å². The molecule has 38 heavy (non-hydrogen) atoms. The molecule has 0 spiro atoms. The van der Waals surface area contributed by atoms with Crippen LogP contribution in [0.5, 0.6) is 0 Å². The zero-order valence-electron chi connectivity index (χ0n) is 20.5. The van der Waals surface area contributed by atoms with Gasteiger partial charge in [0.25, 0.3) is 0 Å². The van der Waals surface area contributed by atoms with E-state index in [1.54, 1.807) is 0 Å². The van der Waals surface area contributed by atoms with Gasteiger partial charge in [-0.25, -0.2) is 15.0 Å². The van der Waals surface area contributed by atoms with Crippen molar-refractivity contribution < 1.29 is 0 Å². The van der Waals surface area contributed by atoms with E-state index >= 15 is 0 Å². The Morgan fingerprint density at radius 1 is 0.395 bits per heavy atom. The monoisotopic (exact) mass is 486 g/mol. The van der Waals surface area contributed by atoms with Crippen molar-refractivity contribution in [3.05, 3.63) is 139 Å². The summed E-state index contributed by atoms with van der Waals surface area (Å²) in [5, 5.41) is 9.26. The third kappa shape index (κ3) is 4.69. The van der Waals surface area contributed by atoms with Crippen molar-refractivity contribution in [2.75, 3.05) is 0 Å². The van der Waals surface area contributed by atoms with Gasteiger partial charge in [-0.2, -0.15) is 5.26 Å². The lowest BCUT2D eigenvalue weighted by molar-refractivity contribution is 1.07. The van der Waals surface area contributed by atoms with Crippen molar-refractivity contribution in [3.8, 4) is 62.5 Å². The highest BCUT2D eigenvalue weighted by molar-refractivity contribution is 5.83. The number of nitrogens with zero attached hydrogens (tertiary/aromatic N) is 4. The van der Waals surface area contributed by atoms with Crippen LogP contribution in [-0.4, -0.2) is 15.0 Å². The van der Waals surface area contributed by atoms with Crippen LogP contribution in [0.4, 0.5) is 0 Å². The van der Waals surface area contributed by atoms with Crippen molar-refractivity contribution in [2.45, 2.75) is 0 Å². The summed E-state index contributed by atoms with van der Waals surface area (Å²) in [4.78, 5) is 14.6. The summed E-state index contributed by atoms with van der Waals surface area (Å²) in [7, 11) is 0. The quantitative estimate of drug-likeness (QED) is 0.247. The summed E-state index contributed by atoms with van der Waals surface area (Å²) in [5.74, 6) is 1.90. The summed E-state index contributed by atoms with van der Waals surface area (Å²) in [6, 6.07) is 46.4. The maximum Gasteiger partial charge on any atom is 0.164 e. The first-order chi connectivity index (χ1) is 18.8. The Morgan fingerprint density at radius 3 is 1.50 bits per heavy atom. The molecular formula is C34H22N4. The fourth-order valence-corrected chi connectivity index (χ4v) is 4.47. The lowest BCUT2D eigenvalue weighted by atomic mass is 9.96. The van der Waals surface area contributed by atoms with E-state index < -0.39 is 0 Å². The number of aromatic nitrogens is 3. The van der Waals surface area contributed by atoms with Crippen molar-refractivity contribution in [1.29, 1.82) is 5.26 Å². The first kappa shape index (κ1) is 23.0. The molecule has 0 aliphatic rings. The van der Waals surface area contributed by atoms with Crippen LogP contribution in [0.1, 0.15) is 5.56 Å². The average Bonchev–Trinajstić information content (AvgIpc) is 3.02. The number of nitriles is 1. The Labute approximate surface area is 221 Å². The second-order valence-corrected chi connectivity index (χ2v) is 8.85. The van der Waals surface area contributed by atoms with Crippen LogP contribution < -0.4 is 0 Å². The highest BCUT2D eigenvalue weighted by Gasteiger charge is 2.15. The van der Waals surface area contributed by atoms with Gasteiger partial charge in [-0.05, 0) is 34.4 Å². The van der Waals surface area contributed by atoms with Crippen molar-refractivity contribution in [2.24, 2.45) is 0 Å². The molecule has 0 aliphatic heterocycles. The van der Waals surface area contributed by atoms with Crippen LogP contribution in [0.25, 0.3) is 56.4 Å². The Balaban J connectivity index is 1.46. The molecule has 0 fully saturated rings. The van der Waals surface area contributed by atoms with Gasteiger partial charge in [0.05, 0.1) is 11.6 Å². The van der Waals surface area contributed by atoms with E-state index in [4.69, 9.17) is 15.0 Å². The molecule has 4 nitrogen and oxygen atoms in total. The molecule has 0 aliphatic carbocycles. The molecule has 0 saturated carbocycles. The fourth-order valence-electron chi connectivity index (χ4n) is 4.47. The van der Waals surface area contributed by atoms with E-state index in [1.165, 1.54) is 0 Å². The molecule has 0 saturated heterocycles. The lowest BCUT2D eigenvalue weighted by Gasteiger charge is -2.12. The molecule has 0 bridgehead atoms. The van der Waals surface area contributed by atoms with Crippen molar-refractivity contribution in [3.63, 3.8) is 0 Å². The molecule has 0 amide bonds. The maximum absolute atomic E-state index is 9.26. The minimum Gasteiger partial charge on any atom is -0.208 e. The lowest BCUT2D eigenvalue weighted by Crippen LogP contribution is -2.01. The second-order valence-electron chi connectivity index (χ2n) is 8.85. The second kappa shape index (κ2) is 10.3. The van der Waals surface area contributed by atoms with Gasteiger partial charge >= 0.3 is 0 Å². The average molecular weight is 487 g/mol. The van der Waals surface area contributed by atoms with Crippen LogP contribution in [-0.2, 0) is 0 Å². The van der Waals surface area contributed by atoms with Gasteiger partial charge < -0.3 is 0 Å². The van der Waals surface area contributed by atoms with Gasteiger partial charge in [-0.15, -0.1) is 0 Å². The highest BCUT2D eigenvalue weighted by Crippen LogP contribution is 2.33. The predicted molar refractivity (Wildman–Crippen MR) is 152 cm³/mol. The fraction of sp³-hybridized carbons (Fsp3) is 0. The third-order valence-electron chi connectivity index (χ3n) is 6.39. The minimum atomic E-state index is 0.624. The molecule has 0 atom stereocenters. The smallest absolute Gasteiger partial charge is 0.164 e. The van der Waals surface area contributed by atoms with Crippen molar-refractivity contribution >= 4 is 0 Å². The van der Waals surface area contributed by atoms with Gasteiger partial charge in [0.1, 0.15) is 0 Å². The number of hydrogen-bond acceptors (Lipinski definition) is 4. The normalized spacial score (nSPS) is 10.6. The molecule has 0 radical (unpaired) electrons. The Bertz CT molecular complexity index is 1700. The summed E-state index contributed by atoms with van der Waals surface area (Å²) in [6.07, 6.45) is 0. The number of rotatable bonds is 5. The molecule has 0 N–H and O–H groups in total. The molecule has 6 aromatic rings. The van der Waals surface area contributed by atoms with Gasteiger partial charge in [0.2, 0.25) is 0 Å². The van der Waals surface area contributed by atoms with Crippen LogP contribution in [0.15, 0.2) is 133 Å². The van der Waals surface area contributed by atoms with E-state index in [2.05, 4.69) is 42.5 Å². The molecule has 0 unspecified atom stereocenters.